The van der Waals surface area contributed by atoms with Gasteiger partial charge < -0.3 is 23.8 Å². The Hall–Kier alpha value is -2.91. The first-order chi connectivity index (χ1) is 15.1. The van der Waals surface area contributed by atoms with Gasteiger partial charge in [0.15, 0.2) is 11.5 Å². The van der Waals surface area contributed by atoms with Crippen LogP contribution in [0, 0.1) is 0 Å². The topological polar surface area (TPSA) is 87.1 Å². The van der Waals surface area contributed by atoms with E-state index >= 15 is 0 Å². The molecule has 5 rings (SSSR count). The van der Waals surface area contributed by atoms with E-state index < -0.39 is 0 Å². The van der Waals surface area contributed by atoms with Gasteiger partial charge in [0.2, 0.25) is 0 Å². The number of epoxide rings is 1. The summed E-state index contributed by atoms with van der Waals surface area (Å²) in [5.74, 6) is 2.90. The highest BCUT2D eigenvalue weighted by atomic mass is 16.6. The third kappa shape index (κ3) is 4.15. The second-order valence-electron chi connectivity index (χ2n) is 8.05. The van der Waals surface area contributed by atoms with Crippen LogP contribution in [0.3, 0.4) is 0 Å². The van der Waals surface area contributed by atoms with Crippen molar-refractivity contribution in [3.8, 4) is 22.9 Å². The van der Waals surface area contributed by atoms with Crippen molar-refractivity contribution in [2.24, 2.45) is 0 Å². The summed E-state index contributed by atoms with van der Waals surface area (Å²) in [5.41, 5.74) is 1.65. The average Bonchev–Trinajstić information content (AvgIpc) is 3.53. The van der Waals surface area contributed by atoms with E-state index in [1.54, 1.807) is 7.11 Å². The summed E-state index contributed by atoms with van der Waals surface area (Å²) in [4.78, 5) is 12.1. The molecule has 0 spiro atoms. The number of rotatable bonds is 7. The number of nitrogens with zero attached hydrogens (tertiary/aromatic N) is 5. The zero-order chi connectivity index (χ0) is 21.4. The molecule has 1 unspecified atom stereocenters. The standard InChI is InChI=1S/C22H27N5O4/c1-14(2)27-22-19(11-23-27)21(26-4-6-29-7-5-26)24-20(25-22)15-8-16(28-3)10-17(9-15)30-12-18-13-31-18/h8-11,14,18H,4-7,12-13H2,1-3H3. The molecule has 0 N–H and O–H groups in total. The zero-order valence-corrected chi connectivity index (χ0v) is 18.1. The van der Waals surface area contributed by atoms with E-state index in [4.69, 9.17) is 28.9 Å². The Morgan fingerprint density at radius 2 is 1.90 bits per heavy atom. The van der Waals surface area contributed by atoms with Crippen molar-refractivity contribution in [1.82, 2.24) is 19.7 Å². The van der Waals surface area contributed by atoms with Crippen LogP contribution in [0.15, 0.2) is 24.4 Å². The molecule has 2 fully saturated rings. The van der Waals surface area contributed by atoms with E-state index in [-0.39, 0.29) is 12.1 Å². The molecule has 0 saturated carbocycles. The maximum atomic E-state index is 5.91. The maximum absolute atomic E-state index is 5.91. The summed E-state index contributed by atoms with van der Waals surface area (Å²) in [6, 6.07) is 5.93. The summed E-state index contributed by atoms with van der Waals surface area (Å²) in [5, 5.41) is 5.53. The van der Waals surface area contributed by atoms with E-state index in [1.807, 2.05) is 29.1 Å². The minimum atomic E-state index is 0.176. The monoisotopic (exact) mass is 425 g/mol. The van der Waals surface area contributed by atoms with Gasteiger partial charge in [0.05, 0.1) is 38.5 Å². The molecule has 0 bridgehead atoms. The predicted octanol–water partition coefficient (Wildman–Crippen LogP) is 2.70. The normalized spacial score (nSPS) is 18.6. The van der Waals surface area contributed by atoms with Gasteiger partial charge in [0, 0.05) is 30.8 Å². The molecule has 0 amide bonds. The average molecular weight is 425 g/mol. The van der Waals surface area contributed by atoms with Gasteiger partial charge in [-0.3, -0.25) is 0 Å². The Bertz CT molecular complexity index is 1070. The molecule has 31 heavy (non-hydrogen) atoms. The molecule has 9 nitrogen and oxygen atoms in total. The van der Waals surface area contributed by atoms with Gasteiger partial charge >= 0.3 is 0 Å². The maximum Gasteiger partial charge on any atom is 0.164 e. The van der Waals surface area contributed by atoms with Gasteiger partial charge in [-0.05, 0) is 26.0 Å². The SMILES string of the molecule is COc1cc(OCC2CO2)cc(-c2nc(N3CCOCC3)c3cnn(C(C)C)c3n2)c1. The molecular weight excluding hydrogens is 398 g/mol. The van der Waals surface area contributed by atoms with Crippen LogP contribution in [0.4, 0.5) is 5.82 Å². The van der Waals surface area contributed by atoms with Gasteiger partial charge in [-0.1, -0.05) is 0 Å². The molecule has 0 radical (unpaired) electrons. The van der Waals surface area contributed by atoms with Crippen LogP contribution in [0.25, 0.3) is 22.4 Å². The predicted molar refractivity (Wildman–Crippen MR) is 116 cm³/mol. The number of methoxy groups -OCH3 is 1. The molecule has 2 saturated heterocycles. The highest BCUT2D eigenvalue weighted by Crippen LogP contribution is 2.33. The highest BCUT2D eigenvalue weighted by Gasteiger charge is 2.24. The first-order valence-electron chi connectivity index (χ1n) is 10.6. The molecule has 2 aromatic heterocycles. The molecule has 4 heterocycles. The molecule has 0 aliphatic carbocycles. The van der Waals surface area contributed by atoms with Crippen LogP contribution in [0.2, 0.25) is 0 Å². The lowest BCUT2D eigenvalue weighted by atomic mass is 10.1. The Morgan fingerprint density at radius 1 is 1.13 bits per heavy atom. The number of benzene rings is 1. The number of ether oxygens (including phenoxy) is 4. The Balaban J connectivity index is 1.61. The molecule has 2 aliphatic rings. The van der Waals surface area contributed by atoms with Gasteiger partial charge in [-0.25, -0.2) is 14.6 Å². The summed E-state index contributed by atoms with van der Waals surface area (Å²) in [7, 11) is 1.64. The van der Waals surface area contributed by atoms with Crippen LogP contribution in [0.1, 0.15) is 19.9 Å². The first-order valence-corrected chi connectivity index (χ1v) is 10.6. The van der Waals surface area contributed by atoms with Crippen molar-refractivity contribution < 1.29 is 18.9 Å². The van der Waals surface area contributed by atoms with Gasteiger partial charge in [-0.2, -0.15) is 5.10 Å². The van der Waals surface area contributed by atoms with E-state index in [1.165, 1.54) is 0 Å². The van der Waals surface area contributed by atoms with Crippen LogP contribution < -0.4 is 14.4 Å². The van der Waals surface area contributed by atoms with E-state index in [9.17, 15) is 0 Å². The minimum Gasteiger partial charge on any atom is -0.497 e. The third-order valence-corrected chi connectivity index (χ3v) is 5.45. The van der Waals surface area contributed by atoms with Gasteiger partial charge in [-0.15, -0.1) is 0 Å². The number of hydrogen-bond acceptors (Lipinski definition) is 8. The van der Waals surface area contributed by atoms with Crippen molar-refractivity contribution in [3.63, 3.8) is 0 Å². The van der Waals surface area contributed by atoms with Crippen LogP contribution in [-0.2, 0) is 9.47 Å². The van der Waals surface area contributed by atoms with Crippen molar-refractivity contribution in [3.05, 3.63) is 24.4 Å². The highest BCUT2D eigenvalue weighted by molar-refractivity contribution is 5.89. The molecular formula is C22H27N5O4. The lowest BCUT2D eigenvalue weighted by molar-refractivity contribution is 0.122. The summed E-state index contributed by atoms with van der Waals surface area (Å²) < 4.78 is 24.1. The number of hydrogen-bond donors (Lipinski definition) is 0. The van der Waals surface area contributed by atoms with Crippen LogP contribution >= 0.6 is 0 Å². The lowest BCUT2D eigenvalue weighted by Gasteiger charge is -2.28. The van der Waals surface area contributed by atoms with E-state index in [0.717, 1.165) is 42.1 Å². The van der Waals surface area contributed by atoms with Crippen molar-refractivity contribution in [1.29, 1.82) is 0 Å². The lowest BCUT2D eigenvalue weighted by Crippen LogP contribution is -2.37. The number of anilines is 1. The van der Waals surface area contributed by atoms with Crippen LogP contribution in [-0.4, -0.2) is 72.5 Å². The Labute approximate surface area is 180 Å². The largest absolute Gasteiger partial charge is 0.497 e. The van der Waals surface area contributed by atoms with Crippen molar-refractivity contribution >= 4 is 16.9 Å². The van der Waals surface area contributed by atoms with Crippen LogP contribution in [0.5, 0.6) is 11.5 Å². The quantitative estimate of drug-likeness (QED) is 0.534. The minimum absolute atomic E-state index is 0.176. The first kappa shape index (κ1) is 20.0. The zero-order valence-electron chi connectivity index (χ0n) is 18.1. The van der Waals surface area contributed by atoms with Gasteiger partial charge in [0.25, 0.3) is 0 Å². The molecule has 9 heteroatoms. The van der Waals surface area contributed by atoms with E-state index in [2.05, 4.69) is 23.8 Å². The van der Waals surface area contributed by atoms with E-state index in [0.29, 0.717) is 37.1 Å². The molecule has 2 aliphatic heterocycles. The Morgan fingerprint density at radius 3 is 2.61 bits per heavy atom. The summed E-state index contributed by atoms with van der Waals surface area (Å²) in [6.07, 6.45) is 2.04. The molecule has 3 aromatic rings. The Kier molecular flexibility index (Phi) is 5.37. The van der Waals surface area contributed by atoms with Crippen molar-refractivity contribution in [2.75, 3.05) is 51.5 Å². The van der Waals surface area contributed by atoms with Gasteiger partial charge in [0.1, 0.15) is 30.0 Å². The fraction of sp³-hybridized carbons (Fsp3) is 0.500. The second kappa shape index (κ2) is 8.32. The number of aromatic nitrogens is 4. The van der Waals surface area contributed by atoms with Crippen molar-refractivity contribution in [2.45, 2.75) is 26.0 Å². The molecule has 164 valence electrons. The summed E-state index contributed by atoms with van der Waals surface area (Å²) >= 11 is 0. The summed E-state index contributed by atoms with van der Waals surface area (Å²) in [6.45, 7) is 8.39. The third-order valence-electron chi connectivity index (χ3n) is 5.45. The molecule has 1 atom stereocenters. The number of fused-ring (bicyclic) bond motifs is 1. The smallest absolute Gasteiger partial charge is 0.164 e. The fourth-order valence-electron chi connectivity index (χ4n) is 3.69. The fourth-order valence-corrected chi connectivity index (χ4v) is 3.69. The molecule has 1 aromatic carbocycles. The number of morpholine rings is 1. The second-order valence-corrected chi connectivity index (χ2v) is 8.05.